The monoisotopic (exact) mass is 352 g/mol. The van der Waals surface area contributed by atoms with Crippen LogP contribution in [0.5, 0.6) is 0 Å². The van der Waals surface area contributed by atoms with Crippen LogP contribution in [0, 0.1) is 0 Å². The maximum atomic E-state index is 12.3. The molecule has 1 aromatic heterocycles. The number of aromatic nitrogens is 1. The van der Waals surface area contributed by atoms with Crippen molar-refractivity contribution in [2.24, 2.45) is 0 Å². The third-order valence-electron chi connectivity index (χ3n) is 5.43. The second kappa shape index (κ2) is 8.32. The van der Waals surface area contributed by atoms with Crippen LogP contribution in [0.3, 0.4) is 0 Å². The summed E-state index contributed by atoms with van der Waals surface area (Å²) in [6.07, 6.45) is 9.23. The Labute approximate surface area is 155 Å². The minimum absolute atomic E-state index is 0.103. The van der Waals surface area contributed by atoms with Gasteiger partial charge in [-0.25, -0.2) is 4.79 Å². The fourth-order valence-corrected chi connectivity index (χ4v) is 3.68. The first kappa shape index (κ1) is 18.4. The van der Waals surface area contributed by atoms with E-state index in [2.05, 4.69) is 34.6 Å². The number of carbonyl (C=O) groups excluding carboxylic acids is 1. The van der Waals surface area contributed by atoms with Gasteiger partial charge in [0.15, 0.2) is 0 Å². The number of hydrogen-bond acceptors (Lipinski definition) is 3. The first-order valence-electron chi connectivity index (χ1n) is 9.28. The Morgan fingerprint density at radius 1 is 1.04 bits per heavy atom. The molecule has 0 saturated heterocycles. The molecule has 5 heteroatoms. The van der Waals surface area contributed by atoms with Gasteiger partial charge in [-0.15, -0.1) is 0 Å². The first-order valence-corrected chi connectivity index (χ1v) is 9.28. The van der Waals surface area contributed by atoms with Gasteiger partial charge in [0.2, 0.25) is 0 Å². The second-order valence-corrected chi connectivity index (χ2v) is 7.36. The van der Waals surface area contributed by atoms with Crippen molar-refractivity contribution in [3.8, 4) is 0 Å². The molecule has 2 N–H and O–H groups in total. The Kier molecular flexibility index (Phi) is 5.89. The number of anilines is 1. The highest BCUT2D eigenvalue weighted by Gasteiger charge is 2.36. The van der Waals surface area contributed by atoms with Crippen molar-refractivity contribution in [3.63, 3.8) is 0 Å². The lowest BCUT2D eigenvalue weighted by molar-refractivity contribution is 0.156. The first-order chi connectivity index (χ1) is 12.6. The molecule has 1 aromatic carbocycles. The van der Waals surface area contributed by atoms with Crippen LogP contribution in [-0.2, 0) is 6.42 Å². The molecule has 1 aliphatic rings. The number of likely N-dealkylation sites (N-methyl/N-ethyl adjacent to an activating group) is 1. The summed E-state index contributed by atoms with van der Waals surface area (Å²) in [4.78, 5) is 18.6. The predicted molar refractivity (Wildman–Crippen MR) is 105 cm³/mol. The van der Waals surface area contributed by atoms with Gasteiger partial charge in [-0.3, -0.25) is 4.98 Å². The number of hydrogen-bond donors (Lipinski definition) is 2. The molecule has 138 valence electrons. The topological polar surface area (TPSA) is 57.3 Å². The number of benzene rings is 1. The highest BCUT2D eigenvalue weighted by molar-refractivity contribution is 5.89. The molecule has 0 aliphatic heterocycles. The molecule has 2 amide bonds. The van der Waals surface area contributed by atoms with Gasteiger partial charge in [-0.1, -0.05) is 25.0 Å². The molecule has 0 atom stereocenters. The summed E-state index contributed by atoms with van der Waals surface area (Å²) in [5, 5.41) is 5.99. The molecular formula is C21H28N4O. The van der Waals surface area contributed by atoms with Gasteiger partial charge in [-0.2, -0.15) is 0 Å². The lowest BCUT2D eigenvalue weighted by Gasteiger charge is -2.36. The van der Waals surface area contributed by atoms with Crippen LogP contribution in [0.4, 0.5) is 10.5 Å². The van der Waals surface area contributed by atoms with Gasteiger partial charge in [0.25, 0.3) is 0 Å². The fraction of sp³-hybridized carbons (Fsp3) is 0.429. The summed E-state index contributed by atoms with van der Waals surface area (Å²) >= 11 is 0. The minimum Gasteiger partial charge on any atom is -0.336 e. The second-order valence-electron chi connectivity index (χ2n) is 7.36. The molecule has 1 heterocycles. The Morgan fingerprint density at radius 3 is 2.27 bits per heavy atom. The molecule has 1 fully saturated rings. The normalized spacial score (nSPS) is 15.8. The van der Waals surface area contributed by atoms with E-state index < -0.39 is 0 Å². The van der Waals surface area contributed by atoms with E-state index in [1.54, 1.807) is 12.4 Å². The third-order valence-corrected chi connectivity index (χ3v) is 5.43. The summed E-state index contributed by atoms with van der Waals surface area (Å²) < 4.78 is 0. The molecule has 5 nitrogen and oxygen atoms in total. The van der Waals surface area contributed by atoms with Crippen LogP contribution in [0.1, 0.15) is 36.8 Å². The van der Waals surface area contributed by atoms with Gasteiger partial charge in [0, 0.05) is 30.2 Å². The fourth-order valence-electron chi connectivity index (χ4n) is 3.68. The zero-order chi connectivity index (χ0) is 18.4. The number of nitrogens with zero attached hydrogens (tertiary/aromatic N) is 2. The lowest BCUT2D eigenvalue weighted by Crippen LogP contribution is -2.51. The maximum absolute atomic E-state index is 12.3. The van der Waals surface area contributed by atoms with Gasteiger partial charge >= 0.3 is 6.03 Å². The number of pyridine rings is 1. The summed E-state index contributed by atoms with van der Waals surface area (Å²) in [6, 6.07) is 11.9. The molecule has 0 radical (unpaired) electrons. The van der Waals surface area contributed by atoms with Gasteiger partial charge in [0.1, 0.15) is 0 Å². The van der Waals surface area contributed by atoms with Crippen LogP contribution >= 0.6 is 0 Å². The molecule has 0 unspecified atom stereocenters. The van der Waals surface area contributed by atoms with E-state index in [-0.39, 0.29) is 11.6 Å². The quantitative estimate of drug-likeness (QED) is 0.834. The van der Waals surface area contributed by atoms with Crippen molar-refractivity contribution >= 4 is 11.7 Å². The highest BCUT2D eigenvalue weighted by atomic mass is 16.2. The number of rotatable bonds is 6. The van der Waals surface area contributed by atoms with E-state index in [0.717, 1.165) is 24.9 Å². The van der Waals surface area contributed by atoms with Crippen LogP contribution in [0.25, 0.3) is 0 Å². The standard InChI is InChI=1S/C21H28N4O/c1-25(2)21(11-3-4-12-21)16-23-20(26)24-19-7-5-17(6-8-19)15-18-9-13-22-14-10-18/h5-10,13-14H,3-4,11-12,15-16H2,1-2H3,(H2,23,24,26). The van der Waals surface area contributed by atoms with Crippen LogP contribution in [-0.4, -0.2) is 42.1 Å². The molecule has 0 spiro atoms. The summed E-state index contributed by atoms with van der Waals surface area (Å²) in [5.74, 6) is 0. The number of nitrogens with one attached hydrogen (secondary N) is 2. The number of urea groups is 1. The number of amides is 2. The van der Waals surface area contributed by atoms with E-state index in [1.807, 2.05) is 36.4 Å². The van der Waals surface area contributed by atoms with Crippen molar-refractivity contribution < 1.29 is 4.79 Å². The van der Waals surface area contributed by atoms with Crippen molar-refractivity contribution in [3.05, 3.63) is 59.9 Å². The average molecular weight is 352 g/mol. The summed E-state index contributed by atoms with van der Waals surface area (Å²) in [7, 11) is 4.21. The van der Waals surface area contributed by atoms with Crippen LogP contribution in [0.2, 0.25) is 0 Å². The van der Waals surface area contributed by atoms with E-state index >= 15 is 0 Å². The van der Waals surface area contributed by atoms with Gasteiger partial charge in [-0.05, 0) is 68.8 Å². The summed E-state index contributed by atoms with van der Waals surface area (Å²) in [5.41, 5.74) is 3.35. The van der Waals surface area contributed by atoms with Crippen molar-refractivity contribution in [2.45, 2.75) is 37.6 Å². The van der Waals surface area contributed by atoms with E-state index in [4.69, 9.17) is 0 Å². The Balaban J connectivity index is 1.51. The highest BCUT2D eigenvalue weighted by Crippen LogP contribution is 2.33. The van der Waals surface area contributed by atoms with Crippen molar-refractivity contribution in [1.29, 1.82) is 0 Å². The van der Waals surface area contributed by atoms with Crippen molar-refractivity contribution in [2.75, 3.05) is 26.0 Å². The van der Waals surface area contributed by atoms with E-state index in [0.29, 0.717) is 6.54 Å². The zero-order valence-electron chi connectivity index (χ0n) is 15.7. The summed E-state index contributed by atoms with van der Waals surface area (Å²) in [6.45, 7) is 0.686. The Morgan fingerprint density at radius 2 is 1.65 bits per heavy atom. The lowest BCUT2D eigenvalue weighted by atomic mass is 9.96. The largest absolute Gasteiger partial charge is 0.336 e. The van der Waals surface area contributed by atoms with E-state index in [1.165, 1.54) is 24.0 Å². The van der Waals surface area contributed by atoms with E-state index in [9.17, 15) is 4.79 Å². The van der Waals surface area contributed by atoms with Crippen LogP contribution in [0.15, 0.2) is 48.8 Å². The van der Waals surface area contributed by atoms with Gasteiger partial charge < -0.3 is 15.5 Å². The smallest absolute Gasteiger partial charge is 0.319 e. The third kappa shape index (κ3) is 4.61. The molecule has 0 bridgehead atoms. The number of carbonyl (C=O) groups is 1. The average Bonchev–Trinajstić information content (AvgIpc) is 3.13. The molecular weight excluding hydrogens is 324 g/mol. The minimum atomic E-state index is -0.139. The SMILES string of the molecule is CN(C)C1(CNC(=O)Nc2ccc(Cc3ccncc3)cc2)CCCC1. The maximum Gasteiger partial charge on any atom is 0.319 e. The molecule has 1 saturated carbocycles. The molecule has 3 rings (SSSR count). The Bertz CT molecular complexity index is 707. The van der Waals surface area contributed by atoms with Crippen molar-refractivity contribution in [1.82, 2.24) is 15.2 Å². The molecule has 1 aliphatic carbocycles. The zero-order valence-corrected chi connectivity index (χ0v) is 15.7. The molecule has 2 aromatic rings. The predicted octanol–water partition coefficient (Wildman–Crippen LogP) is 3.67. The molecule has 26 heavy (non-hydrogen) atoms. The van der Waals surface area contributed by atoms with Gasteiger partial charge in [0.05, 0.1) is 0 Å². The Hall–Kier alpha value is -2.40. The van der Waals surface area contributed by atoms with Crippen LogP contribution < -0.4 is 10.6 Å².